The van der Waals surface area contributed by atoms with E-state index in [9.17, 15) is 19.1 Å². The second kappa shape index (κ2) is 11.4. The highest BCUT2D eigenvalue weighted by Crippen LogP contribution is 2.28. The van der Waals surface area contributed by atoms with E-state index >= 15 is 0 Å². The molecule has 0 spiro atoms. The normalized spacial score (nSPS) is 10.7. The minimum atomic E-state index is -1.03. The number of aromatic carboxylic acids is 1. The first kappa shape index (κ1) is 25.4. The minimum Gasteiger partial charge on any atom is -0.478 e. The van der Waals surface area contributed by atoms with Crippen LogP contribution in [0.15, 0.2) is 73.1 Å². The third-order valence-corrected chi connectivity index (χ3v) is 5.39. The van der Waals surface area contributed by atoms with Crippen molar-refractivity contribution in [2.75, 3.05) is 24.4 Å². The van der Waals surface area contributed by atoms with Gasteiger partial charge in [-0.2, -0.15) is 0 Å². The van der Waals surface area contributed by atoms with Crippen LogP contribution in [0.1, 0.15) is 15.9 Å². The summed E-state index contributed by atoms with van der Waals surface area (Å²) in [5.41, 5.74) is 2.72. The van der Waals surface area contributed by atoms with Gasteiger partial charge in [0.05, 0.1) is 29.2 Å². The molecule has 0 aliphatic rings. The first-order valence-corrected chi connectivity index (χ1v) is 11.3. The predicted molar refractivity (Wildman–Crippen MR) is 137 cm³/mol. The highest BCUT2D eigenvalue weighted by atomic mass is 19.1. The second-order valence-electron chi connectivity index (χ2n) is 8.17. The molecule has 190 valence electrons. The first-order valence-electron chi connectivity index (χ1n) is 11.3. The van der Waals surface area contributed by atoms with Crippen molar-refractivity contribution in [2.24, 2.45) is 0 Å². The van der Waals surface area contributed by atoms with E-state index in [0.29, 0.717) is 41.7 Å². The monoisotopic (exact) mass is 504 g/mol. The Morgan fingerprint density at radius 1 is 1.03 bits per heavy atom. The molecule has 2 aromatic heterocycles. The van der Waals surface area contributed by atoms with E-state index in [1.807, 2.05) is 0 Å². The lowest BCUT2D eigenvalue weighted by atomic mass is 10.2. The molecule has 4 aromatic rings. The molecule has 4 rings (SSSR count). The quantitative estimate of drug-likeness (QED) is 0.266. The number of carboxylic acids is 1. The van der Waals surface area contributed by atoms with Crippen LogP contribution in [0.5, 0.6) is 11.5 Å². The molecule has 0 atom stereocenters. The summed E-state index contributed by atoms with van der Waals surface area (Å²) in [7, 11) is 1.57. The van der Waals surface area contributed by atoms with Crippen LogP contribution in [0.4, 0.5) is 20.6 Å². The lowest BCUT2D eigenvalue weighted by molar-refractivity contribution is 0.0696. The molecule has 9 nitrogen and oxygen atoms in total. The average molecular weight is 505 g/mol. The fraction of sp³-hybridized carbons (Fsp3) is 0.148. The number of methoxy groups -OCH3 is 1. The minimum absolute atomic E-state index is 0.0924. The zero-order chi connectivity index (χ0) is 26.4. The second-order valence-corrected chi connectivity index (χ2v) is 8.17. The average Bonchev–Trinajstić information content (AvgIpc) is 3.31. The fourth-order valence-corrected chi connectivity index (χ4v) is 3.59. The molecule has 10 heteroatoms. The van der Waals surface area contributed by atoms with Crippen LogP contribution in [-0.2, 0) is 11.3 Å². The van der Waals surface area contributed by atoms with Gasteiger partial charge in [-0.3, -0.25) is 4.98 Å². The molecule has 2 heterocycles. The summed E-state index contributed by atoms with van der Waals surface area (Å²) in [4.78, 5) is 28.1. The number of halogens is 1. The van der Waals surface area contributed by atoms with Gasteiger partial charge in [-0.05, 0) is 61.0 Å². The molecule has 0 fully saturated rings. The molecule has 0 saturated heterocycles. The van der Waals surface area contributed by atoms with E-state index in [1.165, 1.54) is 6.07 Å². The van der Waals surface area contributed by atoms with Crippen LogP contribution < -0.4 is 15.4 Å². The molecule has 0 unspecified atom stereocenters. The van der Waals surface area contributed by atoms with Gasteiger partial charge in [-0.25, -0.2) is 14.0 Å². The Labute approximate surface area is 212 Å². The summed E-state index contributed by atoms with van der Waals surface area (Å²) in [5.74, 6) is -0.550. The molecular weight excluding hydrogens is 479 g/mol. The lowest BCUT2D eigenvalue weighted by Gasteiger charge is -2.11. The maximum atomic E-state index is 13.9. The van der Waals surface area contributed by atoms with Gasteiger partial charge in [-0.15, -0.1) is 0 Å². The van der Waals surface area contributed by atoms with Crippen LogP contribution in [0.25, 0.3) is 11.4 Å². The number of aryl methyl sites for hydroxylation is 1. The molecule has 0 aliphatic heterocycles. The number of nitrogens with one attached hydrogen (secondary N) is 2. The van der Waals surface area contributed by atoms with E-state index in [-0.39, 0.29) is 11.3 Å². The van der Waals surface area contributed by atoms with Crippen molar-refractivity contribution in [1.29, 1.82) is 0 Å². The molecule has 0 aliphatic carbocycles. The van der Waals surface area contributed by atoms with Crippen LogP contribution in [0.2, 0.25) is 0 Å². The Morgan fingerprint density at radius 2 is 1.81 bits per heavy atom. The van der Waals surface area contributed by atoms with Gasteiger partial charge in [0.15, 0.2) is 0 Å². The Morgan fingerprint density at radius 3 is 2.54 bits per heavy atom. The molecule has 2 amide bonds. The summed E-state index contributed by atoms with van der Waals surface area (Å²) in [6.45, 7) is 2.68. The van der Waals surface area contributed by atoms with E-state index < -0.39 is 17.8 Å². The zero-order valence-electron chi connectivity index (χ0n) is 20.2. The van der Waals surface area contributed by atoms with Gasteiger partial charge < -0.3 is 29.8 Å². The Bertz CT molecular complexity index is 1420. The van der Waals surface area contributed by atoms with Gasteiger partial charge in [0.25, 0.3) is 0 Å². The van der Waals surface area contributed by atoms with Crippen molar-refractivity contribution in [1.82, 2.24) is 9.55 Å². The third-order valence-electron chi connectivity index (χ3n) is 5.39. The summed E-state index contributed by atoms with van der Waals surface area (Å²) >= 11 is 0. The molecule has 0 saturated carbocycles. The summed E-state index contributed by atoms with van der Waals surface area (Å²) in [5, 5.41) is 14.5. The summed E-state index contributed by atoms with van der Waals surface area (Å²) in [6, 6.07) is 15.5. The number of benzene rings is 2. The number of pyridine rings is 1. The van der Waals surface area contributed by atoms with E-state index in [2.05, 4.69) is 15.6 Å². The Kier molecular flexibility index (Phi) is 7.80. The van der Waals surface area contributed by atoms with Crippen LogP contribution in [-0.4, -0.2) is 40.4 Å². The first-order chi connectivity index (χ1) is 17.8. The summed E-state index contributed by atoms with van der Waals surface area (Å²) in [6.07, 6.45) is 3.12. The topological polar surface area (TPSA) is 115 Å². The van der Waals surface area contributed by atoms with Crippen molar-refractivity contribution in [3.8, 4) is 22.9 Å². The molecule has 2 aromatic carbocycles. The highest BCUT2D eigenvalue weighted by Gasteiger charge is 2.14. The maximum Gasteiger partial charge on any atom is 0.337 e. The van der Waals surface area contributed by atoms with Crippen LogP contribution >= 0.6 is 0 Å². The number of carboxylic acid groups (broad SMARTS) is 1. The largest absolute Gasteiger partial charge is 0.478 e. The fourth-order valence-electron chi connectivity index (χ4n) is 3.59. The number of aromatic nitrogens is 2. The number of amides is 2. The van der Waals surface area contributed by atoms with E-state index in [1.54, 1.807) is 85.6 Å². The highest BCUT2D eigenvalue weighted by molar-refractivity contribution is 5.99. The third kappa shape index (κ3) is 6.50. The molecular formula is C27H25FN4O5. The Balaban J connectivity index is 1.44. The lowest BCUT2D eigenvalue weighted by Crippen LogP contribution is -2.20. The van der Waals surface area contributed by atoms with E-state index in [4.69, 9.17) is 9.47 Å². The summed E-state index contributed by atoms with van der Waals surface area (Å²) < 4.78 is 26.7. The molecule has 0 bridgehead atoms. The van der Waals surface area contributed by atoms with Crippen molar-refractivity contribution >= 4 is 23.4 Å². The predicted octanol–water partition coefficient (Wildman–Crippen LogP) is 5.78. The van der Waals surface area contributed by atoms with Crippen molar-refractivity contribution in [3.63, 3.8) is 0 Å². The van der Waals surface area contributed by atoms with Gasteiger partial charge in [0, 0.05) is 37.8 Å². The number of hydrogen-bond donors (Lipinski definition) is 3. The number of carbonyl (C=O) groups excluding carboxylic acids is 1. The number of carbonyl (C=O) groups is 2. The van der Waals surface area contributed by atoms with Crippen LogP contribution in [0, 0.1) is 12.7 Å². The van der Waals surface area contributed by atoms with E-state index in [0.717, 1.165) is 5.56 Å². The van der Waals surface area contributed by atoms with Gasteiger partial charge in [0.1, 0.15) is 17.3 Å². The number of nitrogens with zero attached hydrogens (tertiary/aromatic N) is 2. The standard InChI is InChI=1S/C27H25FN4O5/c1-17-3-8-22(28)23(13-17)31-27(35)30-19-4-6-20(7-5-19)37-21-9-10-29-24(15-21)25-14-18(26(33)34)16-32(25)11-12-36-2/h3-10,13-16H,11-12H2,1-2H3,(H,33,34)(H2,30,31,35). The maximum absolute atomic E-state index is 13.9. The number of anilines is 2. The smallest absolute Gasteiger partial charge is 0.337 e. The van der Waals surface area contributed by atoms with Crippen molar-refractivity contribution in [3.05, 3.63) is 90.0 Å². The van der Waals surface area contributed by atoms with Crippen LogP contribution in [0.3, 0.4) is 0 Å². The number of ether oxygens (including phenoxy) is 2. The number of urea groups is 1. The van der Waals surface area contributed by atoms with Gasteiger partial charge in [-0.1, -0.05) is 6.07 Å². The van der Waals surface area contributed by atoms with Gasteiger partial charge >= 0.3 is 12.0 Å². The zero-order valence-corrected chi connectivity index (χ0v) is 20.2. The SMILES string of the molecule is COCCn1cc(C(=O)O)cc1-c1cc(Oc2ccc(NC(=O)Nc3cc(C)ccc3F)cc2)ccn1. The van der Waals surface area contributed by atoms with Crippen molar-refractivity contribution in [2.45, 2.75) is 13.5 Å². The number of hydrogen-bond acceptors (Lipinski definition) is 5. The van der Waals surface area contributed by atoms with Crippen molar-refractivity contribution < 1.29 is 28.6 Å². The molecule has 3 N–H and O–H groups in total. The molecule has 37 heavy (non-hydrogen) atoms. The van der Waals surface area contributed by atoms with Gasteiger partial charge in [0.2, 0.25) is 0 Å². The Hall–Kier alpha value is -4.70. The number of rotatable bonds is 9. The molecule has 0 radical (unpaired) electrons.